The van der Waals surface area contributed by atoms with Crippen LogP contribution in [0.3, 0.4) is 0 Å². The van der Waals surface area contributed by atoms with Gasteiger partial charge in [0, 0.05) is 38.4 Å². The molecule has 3 aliphatic rings. The molecule has 3 aliphatic heterocycles. The van der Waals surface area contributed by atoms with Crippen molar-refractivity contribution in [2.45, 2.75) is 38.2 Å². The van der Waals surface area contributed by atoms with Crippen molar-refractivity contribution in [3.63, 3.8) is 0 Å². The molecule has 2 aromatic heterocycles. The molecule has 3 fully saturated rings. The van der Waals surface area contributed by atoms with Crippen molar-refractivity contribution in [1.29, 1.82) is 0 Å². The van der Waals surface area contributed by atoms with Crippen LogP contribution in [0.2, 0.25) is 0 Å². The fraction of sp³-hybridized carbons (Fsp3) is 0.593. The maximum atomic E-state index is 14.1. The molecule has 3 saturated heterocycles. The number of halogens is 2. The van der Waals surface area contributed by atoms with E-state index in [1.165, 1.54) is 4.57 Å². The van der Waals surface area contributed by atoms with Gasteiger partial charge in [-0.05, 0) is 56.8 Å². The first-order chi connectivity index (χ1) is 18.7. The van der Waals surface area contributed by atoms with Crippen LogP contribution in [-0.4, -0.2) is 89.7 Å². The molecule has 1 aromatic carbocycles. The third kappa shape index (κ3) is 5.45. The summed E-state index contributed by atoms with van der Waals surface area (Å²) >= 11 is 0. The highest BCUT2D eigenvalue weighted by molar-refractivity contribution is 5.78. The molecule has 0 N–H and O–H groups in total. The number of morpholine rings is 1. The van der Waals surface area contributed by atoms with Crippen molar-refractivity contribution < 1.29 is 23.0 Å². The van der Waals surface area contributed by atoms with Crippen LogP contribution in [0.5, 0.6) is 5.88 Å². The number of hydrogen-bond donors (Lipinski definition) is 0. The number of nitrogens with zero attached hydrogens (tertiary/aromatic N) is 6. The average Bonchev–Trinajstić information content (AvgIpc) is 3.37. The van der Waals surface area contributed by atoms with Crippen molar-refractivity contribution >= 4 is 17.0 Å². The van der Waals surface area contributed by atoms with Gasteiger partial charge in [-0.15, -0.1) is 0 Å². The molecule has 0 bridgehead atoms. The van der Waals surface area contributed by atoms with E-state index in [1.807, 2.05) is 11.0 Å². The number of likely N-dealkylation sites (tertiary alicyclic amines) is 1. The highest BCUT2D eigenvalue weighted by atomic mass is 19.3. The summed E-state index contributed by atoms with van der Waals surface area (Å²) in [5.41, 5.74) is 1.06. The van der Waals surface area contributed by atoms with Gasteiger partial charge < -0.3 is 24.0 Å². The Kier molecular flexibility index (Phi) is 7.66. The van der Waals surface area contributed by atoms with Gasteiger partial charge in [-0.1, -0.05) is 12.1 Å². The minimum Gasteiger partial charge on any atom is -0.477 e. The molecule has 0 unspecified atom stereocenters. The second-order valence-corrected chi connectivity index (χ2v) is 10.2. The summed E-state index contributed by atoms with van der Waals surface area (Å²) in [7, 11) is 0. The molecule has 204 valence electrons. The van der Waals surface area contributed by atoms with Crippen LogP contribution in [0.4, 0.5) is 14.7 Å². The summed E-state index contributed by atoms with van der Waals surface area (Å²) in [6, 6.07) is 9.38. The monoisotopic (exact) mass is 528 g/mol. The topological polar surface area (TPSA) is 77.8 Å². The van der Waals surface area contributed by atoms with Gasteiger partial charge in [-0.2, -0.15) is 9.97 Å². The Morgan fingerprint density at radius 1 is 0.895 bits per heavy atom. The maximum Gasteiger partial charge on any atom is 0.296 e. The van der Waals surface area contributed by atoms with E-state index in [1.54, 1.807) is 24.3 Å². The Morgan fingerprint density at radius 2 is 1.63 bits per heavy atom. The fourth-order valence-corrected chi connectivity index (χ4v) is 5.66. The summed E-state index contributed by atoms with van der Waals surface area (Å²) in [5, 5.41) is 0. The summed E-state index contributed by atoms with van der Waals surface area (Å²) in [5.74, 6) is 1.25. The van der Waals surface area contributed by atoms with Crippen LogP contribution in [-0.2, 0) is 9.47 Å². The van der Waals surface area contributed by atoms with Crippen LogP contribution in [0.1, 0.15) is 37.9 Å². The van der Waals surface area contributed by atoms with Crippen molar-refractivity contribution in [1.82, 2.24) is 24.4 Å². The lowest BCUT2D eigenvalue weighted by molar-refractivity contribution is 0.0173. The number of aromatic nitrogens is 4. The van der Waals surface area contributed by atoms with Gasteiger partial charge in [0.1, 0.15) is 5.82 Å². The van der Waals surface area contributed by atoms with Gasteiger partial charge in [0.05, 0.1) is 30.9 Å². The molecule has 3 aromatic rings. The fourth-order valence-electron chi connectivity index (χ4n) is 5.66. The SMILES string of the molecule is FC(F)c1nc2ccccc2n1-c1cc(OCC2CCN(C3CCOCC3)CC2)nc(N2CCOCC2)n1. The van der Waals surface area contributed by atoms with E-state index in [2.05, 4.69) is 14.9 Å². The Bertz CT molecular complexity index is 1220. The minimum absolute atomic E-state index is 0.329. The minimum atomic E-state index is -2.76. The van der Waals surface area contributed by atoms with E-state index in [9.17, 15) is 8.78 Å². The first-order valence-electron chi connectivity index (χ1n) is 13.6. The van der Waals surface area contributed by atoms with Crippen molar-refractivity contribution in [3.05, 3.63) is 36.2 Å². The first kappa shape index (κ1) is 25.4. The molecule has 38 heavy (non-hydrogen) atoms. The van der Waals surface area contributed by atoms with Crippen LogP contribution in [0.15, 0.2) is 30.3 Å². The third-order valence-corrected chi connectivity index (χ3v) is 7.81. The lowest BCUT2D eigenvalue weighted by atomic mass is 9.95. The first-order valence-corrected chi connectivity index (χ1v) is 13.6. The molecular formula is C27H34F2N6O3. The second kappa shape index (κ2) is 11.5. The van der Waals surface area contributed by atoms with Crippen LogP contribution in [0.25, 0.3) is 16.9 Å². The van der Waals surface area contributed by atoms with Gasteiger partial charge in [0.25, 0.3) is 6.43 Å². The maximum absolute atomic E-state index is 14.1. The summed E-state index contributed by atoms with van der Waals surface area (Å²) in [6.45, 7) is 6.74. The lowest BCUT2D eigenvalue weighted by Gasteiger charge is -2.39. The van der Waals surface area contributed by atoms with Crippen molar-refractivity contribution in [2.75, 3.05) is 64.1 Å². The van der Waals surface area contributed by atoms with Crippen molar-refractivity contribution in [3.8, 4) is 11.7 Å². The largest absolute Gasteiger partial charge is 0.477 e. The van der Waals surface area contributed by atoms with Crippen LogP contribution < -0.4 is 9.64 Å². The van der Waals surface area contributed by atoms with E-state index in [-0.39, 0.29) is 5.82 Å². The lowest BCUT2D eigenvalue weighted by Crippen LogP contribution is -2.44. The number of piperidine rings is 1. The highest BCUT2D eigenvalue weighted by Gasteiger charge is 2.28. The van der Waals surface area contributed by atoms with Crippen LogP contribution >= 0.6 is 0 Å². The summed E-state index contributed by atoms with van der Waals surface area (Å²) < 4.78 is 46.8. The van der Waals surface area contributed by atoms with Gasteiger partial charge in [0.2, 0.25) is 11.8 Å². The smallest absolute Gasteiger partial charge is 0.296 e. The number of para-hydroxylation sites is 2. The normalized spacial score (nSPS) is 20.4. The molecule has 0 amide bonds. The molecule has 0 atom stereocenters. The standard InChI is InChI=1S/C27H34F2N6O3/c28-25(29)26-30-21-3-1-2-4-22(21)35(26)23-17-24(32-27(31-23)34-11-15-37-16-12-34)38-18-19-5-9-33(10-6-19)20-7-13-36-14-8-20/h1-4,17,19-20,25H,5-16,18H2. The molecular weight excluding hydrogens is 494 g/mol. The number of rotatable bonds is 7. The van der Waals surface area contributed by atoms with E-state index >= 15 is 0 Å². The number of benzene rings is 1. The summed E-state index contributed by atoms with van der Waals surface area (Å²) in [4.78, 5) is 18.2. The van der Waals surface area contributed by atoms with Crippen molar-refractivity contribution in [2.24, 2.45) is 5.92 Å². The predicted molar refractivity (Wildman–Crippen MR) is 138 cm³/mol. The second-order valence-electron chi connectivity index (χ2n) is 10.2. The van der Waals surface area contributed by atoms with E-state index in [4.69, 9.17) is 19.2 Å². The Labute approximate surface area is 220 Å². The van der Waals surface area contributed by atoms with E-state index < -0.39 is 6.43 Å². The number of alkyl halides is 2. The molecule has 0 radical (unpaired) electrons. The Morgan fingerprint density at radius 3 is 2.39 bits per heavy atom. The molecule has 0 spiro atoms. The highest BCUT2D eigenvalue weighted by Crippen LogP contribution is 2.30. The molecule has 5 heterocycles. The molecule has 0 aliphatic carbocycles. The zero-order valence-corrected chi connectivity index (χ0v) is 21.5. The molecule has 11 heteroatoms. The number of hydrogen-bond acceptors (Lipinski definition) is 8. The van der Waals surface area contributed by atoms with Gasteiger partial charge in [-0.3, -0.25) is 4.57 Å². The van der Waals surface area contributed by atoms with E-state index in [0.717, 1.165) is 52.0 Å². The third-order valence-electron chi connectivity index (χ3n) is 7.81. The Balaban J connectivity index is 1.24. The molecule has 9 nitrogen and oxygen atoms in total. The zero-order valence-electron chi connectivity index (χ0n) is 21.5. The number of imidazole rings is 1. The Hall–Kier alpha value is -2.89. The zero-order chi connectivity index (χ0) is 25.9. The summed E-state index contributed by atoms with van der Waals surface area (Å²) in [6.07, 6.45) is 1.59. The molecule has 0 saturated carbocycles. The quantitative estimate of drug-likeness (QED) is 0.458. The number of fused-ring (bicyclic) bond motifs is 1. The molecule has 6 rings (SSSR count). The van der Waals surface area contributed by atoms with Gasteiger partial charge in [-0.25, -0.2) is 13.8 Å². The van der Waals surface area contributed by atoms with Gasteiger partial charge in [0.15, 0.2) is 5.82 Å². The average molecular weight is 529 g/mol. The number of ether oxygens (including phenoxy) is 3. The van der Waals surface area contributed by atoms with E-state index in [0.29, 0.717) is 73.5 Å². The number of anilines is 1. The van der Waals surface area contributed by atoms with Gasteiger partial charge >= 0.3 is 0 Å². The van der Waals surface area contributed by atoms with Crippen LogP contribution in [0, 0.1) is 5.92 Å². The predicted octanol–water partition coefficient (Wildman–Crippen LogP) is 3.86.